The van der Waals surface area contributed by atoms with E-state index in [9.17, 15) is 23.1 Å². The molecule has 178 valence electrons. The van der Waals surface area contributed by atoms with Crippen molar-refractivity contribution in [2.45, 2.75) is 23.6 Å². The first-order valence-corrected chi connectivity index (χ1v) is 12.2. The van der Waals surface area contributed by atoms with Crippen LogP contribution in [-0.2, 0) is 21.3 Å². The highest BCUT2D eigenvalue weighted by Gasteiger charge is 2.46. The molecule has 5 rings (SSSR count). The molecule has 11 nitrogen and oxygen atoms in total. The Labute approximate surface area is 195 Å². The van der Waals surface area contributed by atoms with Crippen molar-refractivity contribution in [3.63, 3.8) is 0 Å². The zero-order valence-electron chi connectivity index (χ0n) is 18.1. The Bertz CT molecular complexity index is 1340. The summed E-state index contributed by atoms with van der Waals surface area (Å²) in [7, 11) is -3.83. The van der Waals surface area contributed by atoms with E-state index in [0.717, 1.165) is 11.2 Å². The van der Waals surface area contributed by atoms with E-state index in [2.05, 4.69) is 10.3 Å². The molecule has 2 amide bonds. The number of carbonyl (C=O) groups excluding carboxylic acids is 1. The van der Waals surface area contributed by atoms with E-state index in [1.807, 2.05) is 0 Å². The van der Waals surface area contributed by atoms with E-state index < -0.39 is 28.3 Å². The highest BCUT2D eigenvalue weighted by molar-refractivity contribution is 7.89. The molecule has 2 atom stereocenters. The standard InChI is InChI=1S/C22H23N5O6S/c28-21(16-3-6-20-23-7-8-25(20)12-16)24-11-15-1-4-17(5-2-15)34(31,32)27-9-10-33-19-14-26(22(29)30)13-18(19)27/h1-8,12,18-19H,9-11,13-14H2,(H,24,28)(H,29,30)/t18-,19+/m1/s1. The molecule has 1 aromatic carbocycles. The largest absolute Gasteiger partial charge is 0.465 e. The van der Waals surface area contributed by atoms with Gasteiger partial charge in [0.2, 0.25) is 10.0 Å². The number of imidazole rings is 1. The first-order valence-electron chi connectivity index (χ1n) is 10.7. The second-order valence-corrected chi connectivity index (χ2v) is 10.1. The van der Waals surface area contributed by atoms with Crippen LogP contribution in [0.5, 0.6) is 0 Å². The van der Waals surface area contributed by atoms with E-state index in [1.165, 1.54) is 21.3 Å². The average Bonchev–Trinajstić information content (AvgIpc) is 3.49. The predicted molar refractivity (Wildman–Crippen MR) is 120 cm³/mol. The molecular formula is C22H23N5O6S. The van der Waals surface area contributed by atoms with Crippen molar-refractivity contribution in [3.05, 3.63) is 66.1 Å². The smallest absolute Gasteiger partial charge is 0.407 e. The number of likely N-dealkylation sites (tertiary alicyclic amines) is 1. The van der Waals surface area contributed by atoms with Gasteiger partial charge in [0.25, 0.3) is 5.91 Å². The number of ether oxygens (including phenoxy) is 1. The number of nitrogens with one attached hydrogen (secondary N) is 1. The number of sulfonamides is 1. The summed E-state index contributed by atoms with van der Waals surface area (Å²) < 4.78 is 35.3. The van der Waals surface area contributed by atoms with E-state index in [4.69, 9.17) is 4.74 Å². The second-order valence-electron chi connectivity index (χ2n) is 8.22. The van der Waals surface area contributed by atoms with Gasteiger partial charge < -0.3 is 24.5 Å². The fraction of sp³-hybridized carbons (Fsp3) is 0.318. The number of rotatable bonds is 5. The molecule has 12 heteroatoms. The summed E-state index contributed by atoms with van der Waals surface area (Å²) >= 11 is 0. The van der Waals surface area contributed by atoms with Gasteiger partial charge in [0.1, 0.15) is 5.65 Å². The summed E-state index contributed by atoms with van der Waals surface area (Å²) in [4.78, 5) is 29.3. The van der Waals surface area contributed by atoms with Crippen molar-refractivity contribution in [1.29, 1.82) is 0 Å². The van der Waals surface area contributed by atoms with Crippen LogP contribution < -0.4 is 5.32 Å². The molecule has 2 saturated heterocycles. The lowest BCUT2D eigenvalue weighted by molar-refractivity contribution is -0.0160. The molecule has 0 aliphatic carbocycles. The summed E-state index contributed by atoms with van der Waals surface area (Å²) in [6, 6.07) is 9.21. The van der Waals surface area contributed by atoms with E-state index in [1.54, 1.807) is 47.3 Å². The molecule has 3 aromatic rings. The third-order valence-electron chi connectivity index (χ3n) is 6.15. The molecular weight excluding hydrogens is 462 g/mol. The van der Waals surface area contributed by atoms with Crippen LogP contribution in [0, 0.1) is 0 Å². The zero-order valence-corrected chi connectivity index (χ0v) is 18.9. The van der Waals surface area contributed by atoms with Crippen LogP contribution in [0.1, 0.15) is 15.9 Å². The predicted octanol–water partition coefficient (Wildman–Crippen LogP) is 1.02. The molecule has 2 aliphatic heterocycles. The number of benzene rings is 1. The third-order valence-corrected chi connectivity index (χ3v) is 8.09. The lowest BCUT2D eigenvalue weighted by Gasteiger charge is -2.35. The summed E-state index contributed by atoms with van der Waals surface area (Å²) in [6.45, 7) is 0.836. The van der Waals surface area contributed by atoms with Crippen LogP contribution in [0.25, 0.3) is 5.65 Å². The van der Waals surface area contributed by atoms with Crippen molar-refractivity contribution in [3.8, 4) is 0 Å². The highest BCUT2D eigenvalue weighted by Crippen LogP contribution is 2.28. The Balaban J connectivity index is 1.26. The van der Waals surface area contributed by atoms with Gasteiger partial charge in [0.05, 0.1) is 35.8 Å². The third kappa shape index (κ3) is 4.11. The van der Waals surface area contributed by atoms with Crippen LogP contribution in [0.3, 0.4) is 0 Å². The molecule has 2 aliphatic rings. The first kappa shape index (κ1) is 22.3. The van der Waals surface area contributed by atoms with Crippen molar-refractivity contribution < 1.29 is 27.9 Å². The van der Waals surface area contributed by atoms with E-state index >= 15 is 0 Å². The number of hydrogen-bond donors (Lipinski definition) is 2. The number of nitrogens with zero attached hydrogens (tertiary/aromatic N) is 4. The molecule has 2 aromatic heterocycles. The van der Waals surface area contributed by atoms with Crippen LogP contribution >= 0.6 is 0 Å². The van der Waals surface area contributed by atoms with Crippen LogP contribution in [-0.4, -0.2) is 82.5 Å². The quantitative estimate of drug-likeness (QED) is 0.551. The summed E-state index contributed by atoms with van der Waals surface area (Å²) in [5.41, 5.74) is 1.97. The lowest BCUT2D eigenvalue weighted by atomic mass is 10.2. The van der Waals surface area contributed by atoms with Gasteiger partial charge in [-0.15, -0.1) is 0 Å². The summed E-state index contributed by atoms with van der Waals surface area (Å²) in [5.74, 6) is -0.254. The van der Waals surface area contributed by atoms with Gasteiger partial charge in [-0.2, -0.15) is 4.31 Å². The summed E-state index contributed by atoms with van der Waals surface area (Å²) in [5, 5.41) is 12.1. The lowest BCUT2D eigenvalue weighted by Crippen LogP contribution is -2.53. The van der Waals surface area contributed by atoms with Gasteiger partial charge >= 0.3 is 6.09 Å². The molecule has 0 unspecified atom stereocenters. The van der Waals surface area contributed by atoms with Crippen LogP contribution in [0.15, 0.2) is 59.9 Å². The van der Waals surface area contributed by atoms with Crippen LogP contribution in [0.2, 0.25) is 0 Å². The molecule has 0 bridgehead atoms. The molecule has 34 heavy (non-hydrogen) atoms. The Hall–Kier alpha value is -3.48. The molecule has 0 radical (unpaired) electrons. The SMILES string of the molecule is O=C(NCc1ccc(S(=O)(=O)N2CCO[C@H]3CN(C(=O)O)C[C@H]32)cc1)c1ccc2nccn2c1. The van der Waals surface area contributed by atoms with Gasteiger partial charge in [-0.1, -0.05) is 12.1 Å². The number of morpholine rings is 1. The highest BCUT2D eigenvalue weighted by atomic mass is 32.2. The molecule has 2 N–H and O–H groups in total. The van der Waals surface area contributed by atoms with Crippen molar-refractivity contribution in [2.75, 3.05) is 26.2 Å². The first-order chi connectivity index (χ1) is 16.3. The average molecular weight is 486 g/mol. The van der Waals surface area contributed by atoms with Crippen molar-refractivity contribution in [1.82, 2.24) is 23.9 Å². The molecule has 0 saturated carbocycles. The minimum Gasteiger partial charge on any atom is -0.465 e. The van der Waals surface area contributed by atoms with Gasteiger partial charge in [-0.25, -0.2) is 18.2 Å². The fourth-order valence-electron chi connectivity index (χ4n) is 4.36. The molecule has 4 heterocycles. The zero-order chi connectivity index (χ0) is 23.9. The summed E-state index contributed by atoms with van der Waals surface area (Å²) in [6.07, 6.45) is 3.53. The maximum atomic E-state index is 13.3. The van der Waals surface area contributed by atoms with E-state index in [0.29, 0.717) is 5.56 Å². The Kier molecular flexibility index (Phi) is 5.71. The van der Waals surface area contributed by atoms with E-state index in [-0.39, 0.29) is 43.6 Å². The fourth-order valence-corrected chi connectivity index (χ4v) is 5.99. The van der Waals surface area contributed by atoms with Gasteiger partial charge in [-0.3, -0.25) is 4.79 Å². The monoisotopic (exact) mass is 485 g/mol. The Morgan fingerprint density at radius 3 is 2.71 bits per heavy atom. The van der Waals surface area contributed by atoms with Crippen molar-refractivity contribution >= 4 is 27.7 Å². The number of carboxylic acid groups (broad SMARTS) is 1. The number of amides is 2. The van der Waals surface area contributed by atoms with Crippen LogP contribution in [0.4, 0.5) is 4.79 Å². The minimum absolute atomic E-state index is 0.0776. The molecule has 0 spiro atoms. The second kappa shape index (κ2) is 8.70. The van der Waals surface area contributed by atoms with Gasteiger partial charge in [0.15, 0.2) is 0 Å². The van der Waals surface area contributed by atoms with Crippen molar-refractivity contribution in [2.24, 2.45) is 0 Å². The topological polar surface area (TPSA) is 134 Å². The number of aromatic nitrogens is 2. The maximum Gasteiger partial charge on any atom is 0.407 e. The van der Waals surface area contributed by atoms with Gasteiger partial charge in [-0.05, 0) is 29.8 Å². The number of hydrogen-bond acceptors (Lipinski definition) is 6. The number of carbonyl (C=O) groups is 2. The minimum atomic E-state index is -3.83. The Morgan fingerprint density at radius 2 is 1.94 bits per heavy atom. The number of pyridine rings is 1. The Morgan fingerprint density at radius 1 is 1.15 bits per heavy atom. The molecule has 2 fully saturated rings. The maximum absolute atomic E-state index is 13.3. The normalized spacial score (nSPS) is 20.9. The number of fused-ring (bicyclic) bond motifs is 2. The van der Waals surface area contributed by atoms with Gasteiger partial charge in [0, 0.05) is 38.2 Å².